The zero-order valence-electron chi connectivity index (χ0n) is 11.4. The van der Waals surface area contributed by atoms with Crippen molar-refractivity contribution in [2.45, 2.75) is 13.5 Å². The fourth-order valence-corrected chi connectivity index (χ4v) is 1.81. The highest BCUT2D eigenvalue weighted by Gasteiger charge is 2.06. The van der Waals surface area contributed by atoms with Gasteiger partial charge in [0.15, 0.2) is 5.78 Å². The molecule has 1 N–H and O–H groups in total. The van der Waals surface area contributed by atoms with Gasteiger partial charge in [-0.05, 0) is 25.1 Å². The van der Waals surface area contributed by atoms with Gasteiger partial charge >= 0.3 is 0 Å². The molecule has 2 aromatic rings. The van der Waals surface area contributed by atoms with Gasteiger partial charge in [0.1, 0.15) is 12.3 Å². The van der Waals surface area contributed by atoms with Crippen LogP contribution in [0.2, 0.25) is 0 Å². The van der Waals surface area contributed by atoms with Crippen LogP contribution in [0.25, 0.3) is 0 Å². The van der Waals surface area contributed by atoms with Crippen molar-refractivity contribution in [3.05, 3.63) is 48.3 Å². The van der Waals surface area contributed by atoms with E-state index in [0.717, 1.165) is 0 Å². The number of amides is 1. The van der Waals surface area contributed by atoms with Gasteiger partial charge in [-0.1, -0.05) is 6.07 Å². The largest absolute Gasteiger partial charge is 0.497 e. The third-order valence-electron chi connectivity index (χ3n) is 2.84. The molecule has 0 saturated heterocycles. The summed E-state index contributed by atoms with van der Waals surface area (Å²) >= 11 is 0. The Morgan fingerprint density at radius 2 is 2.10 bits per heavy atom. The topological polar surface area (TPSA) is 60.3 Å². The molecule has 1 aromatic carbocycles. The Bertz CT molecular complexity index is 632. The summed E-state index contributed by atoms with van der Waals surface area (Å²) in [6.07, 6.45) is 3.37. The van der Waals surface area contributed by atoms with Crippen LogP contribution in [-0.2, 0) is 11.3 Å². The van der Waals surface area contributed by atoms with Gasteiger partial charge in [0.25, 0.3) is 0 Å². The van der Waals surface area contributed by atoms with Crippen molar-refractivity contribution >= 4 is 17.4 Å². The second-order valence-electron chi connectivity index (χ2n) is 4.41. The fourth-order valence-electron chi connectivity index (χ4n) is 1.81. The van der Waals surface area contributed by atoms with Gasteiger partial charge < -0.3 is 14.6 Å². The number of carbonyl (C=O) groups is 2. The fraction of sp³-hybridized carbons (Fsp3) is 0.200. The molecular formula is C15H16N2O3. The lowest BCUT2D eigenvalue weighted by molar-refractivity contribution is -0.116. The molecule has 0 aliphatic rings. The average molecular weight is 272 g/mol. The van der Waals surface area contributed by atoms with Gasteiger partial charge in [0.2, 0.25) is 5.91 Å². The van der Waals surface area contributed by atoms with E-state index >= 15 is 0 Å². The molecule has 20 heavy (non-hydrogen) atoms. The van der Waals surface area contributed by atoms with Gasteiger partial charge in [-0.25, -0.2) is 0 Å². The van der Waals surface area contributed by atoms with E-state index in [9.17, 15) is 9.59 Å². The summed E-state index contributed by atoms with van der Waals surface area (Å²) in [6.45, 7) is 1.65. The van der Waals surface area contributed by atoms with Crippen LogP contribution >= 0.6 is 0 Å². The molecule has 1 amide bonds. The number of rotatable bonds is 5. The van der Waals surface area contributed by atoms with E-state index < -0.39 is 0 Å². The van der Waals surface area contributed by atoms with E-state index in [-0.39, 0.29) is 18.2 Å². The first kappa shape index (κ1) is 13.9. The van der Waals surface area contributed by atoms with Crippen molar-refractivity contribution < 1.29 is 14.3 Å². The van der Waals surface area contributed by atoms with Crippen LogP contribution in [0.15, 0.2) is 42.7 Å². The molecule has 0 bridgehead atoms. The summed E-state index contributed by atoms with van der Waals surface area (Å²) < 4.78 is 6.76. The summed E-state index contributed by atoms with van der Waals surface area (Å²) in [7, 11) is 1.57. The minimum Gasteiger partial charge on any atom is -0.497 e. The molecule has 104 valence electrons. The Balaban J connectivity index is 1.99. The lowest BCUT2D eigenvalue weighted by Gasteiger charge is -2.07. The summed E-state index contributed by atoms with van der Waals surface area (Å²) in [6, 6.07) is 8.84. The maximum atomic E-state index is 11.9. The quantitative estimate of drug-likeness (QED) is 0.850. The minimum absolute atomic E-state index is 0.0167. The van der Waals surface area contributed by atoms with Crippen molar-refractivity contribution in [3.8, 4) is 5.75 Å². The van der Waals surface area contributed by atoms with E-state index in [0.29, 0.717) is 17.0 Å². The summed E-state index contributed by atoms with van der Waals surface area (Å²) in [5.74, 6) is 0.503. The number of carbonyl (C=O) groups excluding carboxylic acids is 2. The number of anilines is 1. The Morgan fingerprint density at radius 1 is 1.30 bits per heavy atom. The number of benzene rings is 1. The number of hydrogen-bond acceptors (Lipinski definition) is 3. The van der Waals surface area contributed by atoms with E-state index in [1.807, 2.05) is 0 Å². The van der Waals surface area contributed by atoms with E-state index in [2.05, 4.69) is 5.32 Å². The average Bonchev–Trinajstić information content (AvgIpc) is 2.87. The van der Waals surface area contributed by atoms with Crippen molar-refractivity contribution in [3.63, 3.8) is 0 Å². The first-order chi connectivity index (χ1) is 9.58. The number of methoxy groups -OCH3 is 1. The number of nitrogens with zero attached hydrogens (tertiary/aromatic N) is 1. The maximum Gasteiger partial charge on any atom is 0.244 e. The predicted octanol–water partition coefficient (Wildman–Crippen LogP) is 2.34. The van der Waals surface area contributed by atoms with Gasteiger partial charge in [-0.2, -0.15) is 0 Å². The van der Waals surface area contributed by atoms with Crippen molar-refractivity contribution in [2.24, 2.45) is 0 Å². The second-order valence-corrected chi connectivity index (χ2v) is 4.41. The van der Waals surface area contributed by atoms with Gasteiger partial charge in [0, 0.05) is 29.7 Å². The molecule has 0 saturated carbocycles. The van der Waals surface area contributed by atoms with Crippen LogP contribution in [0.4, 0.5) is 5.69 Å². The maximum absolute atomic E-state index is 11.9. The molecule has 2 rings (SSSR count). The smallest absolute Gasteiger partial charge is 0.244 e. The van der Waals surface area contributed by atoms with Crippen LogP contribution in [0, 0.1) is 0 Å². The van der Waals surface area contributed by atoms with Gasteiger partial charge in [-0.3, -0.25) is 9.59 Å². The van der Waals surface area contributed by atoms with Crippen LogP contribution in [-0.4, -0.2) is 23.4 Å². The zero-order valence-corrected chi connectivity index (χ0v) is 11.4. The Labute approximate surface area is 117 Å². The second kappa shape index (κ2) is 6.06. The number of ether oxygens (including phenoxy) is 1. The lowest BCUT2D eigenvalue weighted by atomic mass is 10.2. The normalized spacial score (nSPS) is 10.1. The summed E-state index contributed by atoms with van der Waals surface area (Å²) in [4.78, 5) is 23.1. The van der Waals surface area contributed by atoms with E-state index in [1.165, 1.54) is 6.92 Å². The highest BCUT2D eigenvalue weighted by molar-refractivity contribution is 5.94. The molecule has 0 radical (unpaired) electrons. The molecule has 0 fully saturated rings. The number of ketones is 1. The van der Waals surface area contributed by atoms with Crippen LogP contribution in [0.1, 0.15) is 17.3 Å². The molecular weight excluding hydrogens is 256 g/mol. The molecule has 0 unspecified atom stereocenters. The van der Waals surface area contributed by atoms with Crippen molar-refractivity contribution in [1.82, 2.24) is 4.57 Å². The molecule has 5 heteroatoms. The Kier molecular flexibility index (Phi) is 4.20. The van der Waals surface area contributed by atoms with Crippen LogP contribution in [0.3, 0.4) is 0 Å². The lowest BCUT2D eigenvalue weighted by Crippen LogP contribution is -2.17. The van der Waals surface area contributed by atoms with Crippen LogP contribution < -0.4 is 10.1 Å². The monoisotopic (exact) mass is 272 g/mol. The van der Waals surface area contributed by atoms with Crippen molar-refractivity contribution in [2.75, 3.05) is 12.4 Å². The third kappa shape index (κ3) is 3.47. The highest BCUT2D eigenvalue weighted by Crippen LogP contribution is 2.16. The number of Topliss-reactive ketones (excluding diaryl/α,β-unsaturated/α-hetero) is 1. The Hall–Kier alpha value is -2.56. The number of hydrogen-bond donors (Lipinski definition) is 1. The van der Waals surface area contributed by atoms with Crippen molar-refractivity contribution in [1.29, 1.82) is 0 Å². The molecule has 1 heterocycles. The minimum atomic E-state index is -0.163. The molecule has 0 atom stereocenters. The first-order valence-electron chi connectivity index (χ1n) is 6.19. The van der Waals surface area contributed by atoms with Gasteiger partial charge in [0.05, 0.1) is 7.11 Å². The van der Waals surface area contributed by atoms with Crippen LogP contribution in [0.5, 0.6) is 5.75 Å². The Morgan fingerprint density at radius 3 is 2.75 bits per heavy atom. The van der Waals surface area contributed by atoms with E-state index in [4.69, 9.17) is 4.74 Å². The highest BCUT2D eigenvalue weighted by atomic mass is 16.5. The predicted molar refractivity (Wildman–Crippen MR) is 76.1 cm³/mol. The van der Waals surface area contributed by atoms with Gasteiger partial charge in [-0.15, -0.1) is 0 Å². The first-order valence-corrected chi connectivity index (χ1v) is 6.19. The summed E-state index contributed by atoms with van der Waals surface area (Å²) in [5.41, 5.74) is 1.27. The third-order valence-corrected chi connectivity index (χ3v) is 2.84. The SMILES string of the molecule is COc1cccc(NC(=O)Cn2ccc(C(C)=O)c2)c1. The molecule has 0 aliphatic carbocycles. The standard InChI is InChI=1S/C15H16N2O3/c1-11(18)12-6-7-17(9-12)10-15(19)16-13-4-3-5-14(8-13)20-2/h3-9H,10H2,1-2H3,(H,16,19). The number of nitrogens with one attached hydrogen (secondary N) is 1. The molecule has 0 aliphatic heterocycles. The molecule has 5 nitrogen and oxygen atoms in total. The zero-order chi connectivity index (χ0) is 14.5. The molecule has 0 spiro atoms. The molecule has 1 aromatic heterocycles. The number of aromatic nitrogens is 1. The summed E-state index contributed by atoms with van der Waals surface area (Å²) in [5, 5.41) is 2.78. The van der Waals surface area contributed by atoms with E-state index in [1.54, 1.807) is 54.4 Å².